The van der Waals surface area contributed by atoms with E-state index >= 15 is 0 Å². The Kier molecular flexibility index (Phi) is 2.85. The molecule has 1 aliphatic rings. The summed E-state index contributed by atoms with van der Waals surface area (Å²) in [5.74, 6) is 0.592. The number of nitrogens with zero attached hydrogens (tertiary/aromatic N) is 1. The van der Waals surface area contributed by atoms with Crippen LogP contribution >= 0.6 is 0 Å². The molecule has 2 rings (SSSR count). The van der Waals surface area contributed by atoms with Crippen LogP contribution in [0.15, 0.2) is 29.3 Å². The van der Waals surface area contributed by atoms with Crippen molar-refractivity contribution in [2.24, 2.45) is 4.99 Å². The molecule has 0 saturated heterocycles. The predicted octanol–water partition coefficient (Wildman–Crippen LogP) is 1.44. The number of rotatable bonds is 2. The van der Waals surface area contributed by atoms with E-state index in [4.69, 9.17) is 0 Å². The Morgan fingerprint density at radius 2 is 2.40 bits per heavy atom. The molecule has 0 unspecified atom stereocenters. The summed E-state index contributed by atoms with van der Waals surface area (Å²) in [6.07, 6.45) is 0. The molecule has 3 nitrogen and oxygen atoms in total. The highest BCUT2D eigenvalue weighted by Gasteiger charge is 2.10. The van der Waals surface area contributed by atoms with Gasteiger partial charge in [-0.2, -0.15) is 0 Å². The van der Waals surface area contributed by atoms with Crippen LogP contribution < -0.4 is 10.6 Å². The van der Waals surface area contributed by atoms with E-state index < -0.39 is 0 Å². The van der Waals surface area contributed by atoms with Crippen molar-refractivity contribution in [3.8, 4) is 0 Å². The molecular formula is C11H14FN3. The van der Waals surface area contributed by atoms with Gasteiger partial charge < -0.3 is 10.6 Å². The molecule has 1 atom stereocenters. The summed E-state index contributed by atoms with van der Waals surface area (Å²) < 4.78 is 13.0. The average molecular weight is 207 g/mol. The molecule has 1 heterocycles. The maximum Gasteiger partial charge on any atom is 0.191 e. The third-order valence-electron chi connectivity index (χ3n) is 2.38. The minimum Gasteiger partial charge on any atom is -0.355 e. The van der Waals surface area contributed by atoms with Crippen LogP contribution in [0.25, 0.3) is 0 Å². The van der Waals surface area contributed by atoms with Gasteiger partial charge in [0, 0.05) is 6.54 Å². The van der Waals surface area contributed by atoms with Crippen molar-refractivity contribution in [3.05, 3.63) is 35.6 Å². The Morgan fingerprint density at radius 1 is 1.53 bits per heavy atom. The van der Waals surface area contributed by atoms with Crippen LogP contribution in [0, 0.1) is 5.82 Å². The van der Waals surface area contributed by atoms with Gasteiger partial charge in [0.25, 0.3) is 0 Å². The van der Waals surface area contributed by atoms with Crippen LogP contribution in [0.4, 0.5) is 4.39 Å². The second-order valence-electron chi connectivity index (χ2n) is 3.58. The SMILES string of the molecule is C[C@@H](NC1=NCCN1)c1cccc(F)c1. The monoisotopic (exact) mass is 207 g/mol. The van der Waals surface area contributed by atoms with Crippen LogP contribution in [0.3, 0.4) is 0 Å². The van der Waals surface area contributed by atoms with E-state index in [1.807, 2.05) is 13.0 Å². The van der Waals surface area contributed by atoms with E-state index in [0.29, 0.717) is 0 Å². The Balaban J connectivity index is 2.04. The van der Waals surface area contributed by atoms with Gasteiger partial charge in [-0.25, -0.2) is 4.39 Å². The van der Waals surface area contributed by atoms with Crippen molar-refractivity contribution in [2.45, 2.75) is 13.0 Å². The van der Waals surface area contributed by atoms with Crippen LogP contribution in [-0.2, 0) is 0 Å². The van der Waals surface area contributed by atoms with Gasteiger partial charge in [0.15, 0.2) is 5.96 Å². The Bertz CT molecular complexity index is 376. The van der Waals surface area contributed by atoms with Crippen molar-refractivity contribution < 1.29 is 4.39 Å². The quantitative estimate of drug-likeness (QED) is 0.769. The smallest absolute Gasteiger partial charge is 0.191 e. The zero-order chi connectivity index (χ0) is 10.7. The summed E-state index contributed by atoms with van der Waals surface area (Å²) in [6, 6.07) is 6.66. The summed E-state index contributed by atoms with van der Waals surface area (Å²) in [6.45, 7) is 3.66. The molecule has 0 aromatic heterocycles. The van der Waals surface area contributed by atoms with E-state index in [9.17, 15) is 4.39 Å². The molecule has 0 spiro atoms. The Labute approximate surface area is 88.4 Å². The molecule has 15 heavy (non-hydrogen) atoms. The van der Waals surface area contributed by atoms with Crippen molar-refractivity contribution in [1.29, 1.82) is 0 Å². The number of halogens is 1. The van der Waals surface area contributed by atoms with E-state index in [2.05, 4.69) is 15.6 Å². The Morgan fingerprint density at radius 3 is 3.07 bits per heavy atom. The first kappa shape index (κ1) is 9.96. The van der Waals surface area contributed by atoms with Gasteiger partial charge in [0.05, 0.1) is 12.6 Å². The van der Waals surface area contributed by atoms with Gasteiger partial charge in [-0.3, -0.25) is 4.99 Å². The highest BCUT2D eigenvalue weighted by atomic mass is 19.1. The number of benzene rings is 1. The number of nitrogens with one attached hydrogen (secondary N) is 2. The molecule has 2 N–H and O–H groups in total. The summed E-state index contributed by atoms with van der Waals surface area (Å²) in [5.41, 5.74) is 0.923. The third kappa shape index (κ3) is 2.46. The maximum absolute atomic E-state index is 13.0. The lowest BCUT2D eigenvalue weighted by Crippen LogP contribution is -2.35. The van der Waals surface area contributed by atoms with Gasteiger partial charge >= 0.3 is 0 Å². The van der Waals surface area contributed by atoms with E-state index in [-0.39, 0.29) is 11.9 Å². The van der Waals surface area contributed by atoms with Gasteiger partial charge in [-0.15, -0.1) is 0 Å². The molecule has 0 saturated carbocycles. The molecule has 0 amide bonds. The minimum atomic E-state index is -0.206. The molecular weight excluding hydrogens is 193 g/mol. The fraction of sp³-hybridized carbons (Fsp3) is 0.364. The normalized spacial score (nSPS) is 16.8. The maximum atomic E-state index is 13.0. The van der Waals surface area contributed by atoms with Gasteiger partial charge in [-0.05, 0) is 24.6 Å². The second-order valence-corrected chi connectivity index (χ2v) is 3.58. The molecule has 80 valence electrons. The largest absolute Gasteiger partial charge is 0.355 e. The zero-order valence-electron chi connectivity index (χ0n) is 8.63. The van der Waals surface area contributed by atoms with Crippen molar-refractivity contribution in [3.63, 3.8) is 0 Å². The zero-order valence-corrected chi connectivity index (χ0v) is 8.63. The van der Waals surface area contributed by atoms with E-state index in [1.165, 1.54) is 12.1 Å². The van der Waals surface area contributed by atoms with Gasteiger partial charge in [-0.1, -0.05) is 12.1 Å². The first-order chi connectivity index (χ1) is 7.25. The third-order valence-corrected chi connectivity index (χ3v) is 2.38. The lowest BCUT2D eigenvalue weighted by atomic mass is 10.1. The molecule has 0 bridgehead atoms. The number of guanidine groups is 1. The summed E-state index contributed by atoms with van der Waals surface area (Å²) in [5, 5.41) is 6.31. The van der Waals surface area contributed by atoms with Gasteiger partial charge in [0.2, 0.25) is 0 Å². The molecule has 0 radical (unpaired) electrons. The molecule has 1 aromatic carbocycles. The molecule has 1 aliphatic heterocycles. The van der Waals surface area contributed by atoms with Crippen LogP contribution in [-0.4, -0.2) is 19.0 Å². The van der Waals surface area contributed by atoms with Crippen molar-refractivity contribution in [2.75, 3.05) is 13.1 Å². The van der Waals surface area contributed by atoms with Gasteiger partial charge in [0.1, 0.15) is 5.82 Å². The van der Waals surface area contributed by atoms with E-state index in [1.54, 1.807) is 6.07 Å². The van der Waals surface area contributed by atoms with Crippen molar-refractivity contribution in [1.82, 2.24) is 10.6 Å². The van der Waals surface area contributed by atoms with Crippen LogP contribution in [0.2, 0.25) is 0 Å². The first-order valence-electron chi connectivity index (χ1n) is 5.06. The van der Waals surface area contributed by atoms with Crippen LogP contribution in [0.1, 0.15) is 18.5 Å². The fourth-order valence-corrected chi connectivity index (χ4v) is 1.56. The summed E-state index contributed by atoms with van der Waals surface area (Å²) in [4.78, 5) is 4.22. The van der Waals surface area contributed by atoms with E-state index in [0.717, 1.165) is 24.6 Å². The number of hydrogen-bond donors (Lipinski definition) is 2. The molecule has 1 aromatic rings. The molecule has 4 heteroatoms. The summed E-state index contributed by atoms with van der Waals surface area (Å²) in [7, 11) is 0. The minimum absolute atomic E-state index is 0.0602. The molecule has 0 fully saturated rings. The lowest BCUT2D eigenvalue weighted by molar-refractivity contribution is 0.617. The Hall–Kier alpha value is -1.58. The lowest BCUT2D eigenvalue weighted by Gasteiger charge is -2.15. The number of aliphatic imine (C=N–C) groups is 1. The summed E-state index contributed by atoms with van der Waals surface area (Å²) >= 11 is 0. The van der Waals surface area contributed by atoms with Crippen LogP contribution in [0.5, 0.6) is 0 Å². The number of hydrogen-bond acceptors (Lipinski definition) is 3. The topological polar surface area (TPSA) is 36.4 Å². The van der Waals surface area contributed by atoms with Crippen molar-refractivity contribution >= 4 is 5.96 Å². The second kappa shape index (κ2) is 4.29. The fourth-order valence-electron chi connectivity index (χ4n) is 1.56. The molecule has 0 aliphatic carbocycles. The average Bonchev–Trinajstić information content (AvgIpc) is 2.70. The highest BCUT2D eigenvalue weighted by Crippen LogP contribution is 2.13. The first-order valence-corrected chi connectivity index (χ1v) is 5.06. The predicted molar refractivity (Wildman–Crippen MR) is 58.3 cm³/mol. The standard InChI is InChI=1S/C11H14FN3/c1-8(15-11-13-5-6-14-11)9-3-2-4-10(12)7-9/h2-4,7-8H,5-6H2,1H3,(H2,13,14,15)/t8-/m1/s1. The highest BCUT2D eigenvalue weighted by molar-refractivity contribution is 5.81.